The molecule has 0 saturated carbocycles. The van der Waals surface area contributed by atoms with Crippen molar-refractivity contribution in [2.24, 2.45) is 11.5 Å². The Kier molecular flexibility index (Phi) is 4.04. The lowest BCUT2D eigenvalue weighted by atomic mass is 9.99. The number of benzene rings is 2. The summed E-state index contributed by atoms with van der Waals surface area (Å²) in [5.74, 6) is 0. The zero-order valence-corrected chi connectivity index (χ0v) is 10.9. The molecule has 0 bridgehead atoms. The van der Waals surface area contributed by atoms with Crippen LogP contribution in [-0.4, -0.2) is 0 Å². The molecule has 0 spiro atoms. The van der Waals surface area contributed by atoms with Gasteiger partial charge in [0.05, 0.1) is 0 Å². The first-order valence-electron chi connectivity index (χ1n) is 6.28. The van der Waals surface area contributed by atoms with Gasteiger partial charge in [0.2, 0.25) is 0 Å². The van der Waals surface area contributed by atoms with E-state index in [0.717, 1.165) is 28.9 Å². The van der Waals surface area contributed by atoms with Crippen LogP contribution in [0.1, 0.15) is 22.3 Å². The number of rotatable bonds is 4. The largest absolute Gasteiger partial charge is 0.398 e. The van der Waals surface area contributed by atoms with E-state index in [0.29, 0.717) is 13.1 Å². The fraction of sp³-hybridized carbons (Fsp3) is 0.200. The van der Waals surface area contributed by atoms with Gasteiger partial charge in [0.15, 0.2) is 0 Å². The molecule has 0 amide bonds. The molecule has 2 aromatic carbocycles. The van der Waals surface area contributed by atoms with Crippen molar-refractivity contribution in [1.29, 1.82) is 0 Å². The lowest BCUT2D eigenvalue weighted by Crippen LogP contribution is -2.04. The topological polar surface area (TPSA) is 104 Å². The van der Waals surface area contributed by atoms with E-state index in [4.69, 9.17) is 22.9 Å². The van der Waals surface area contributed by atoms with Gasteiger partial charge < -0.3 is 22.9 Å². The van der Waals surface area contributed by atoms with Gasteiger partial charge >= 0.3 is 0 Å². The van der Waals surface area contributed by atoms with Crippen molar-refractivity contribution in [3.05, 3.63) is 58.7 Å². The first kappa shape index (κ1) is 13.4. The lowest BCUT2D eigenvalue weighted by molar-refractivity contribution is 1.05. The molecular formula is C15H20N4. The highest BCUT2D eigenvalue weighted by atomic mass is 14.6. The van der Waals surface area contributed by atoms with Crippen LogP contribution in [0.25, 0.3) is 0 Å². The third kappa shape index (κ3) is 3.05. The minimum Gasteiger partial charge on any atom is -0.398 e. The molecule has 0 aliphatic carbocycles. The van der Waals surface area contributed by atoms with E-state index in [9.17, 15) is 0 Å². The van der Waals surface area contributed by atoms with Crippen LogP contribution in [-0.2, 0) is 19.5 Å². The third-order valence-corrected chi connectivity index (χ3v) is 3.26. The van der Waals surface area contributed by atoms with Crippen LogP contribution in [0.4, 0.5) is 11.4 Å². The molecule has 4 heteroatoms. The normalized spacial score (nSPS) is 10.6. The molecule has 100 valence electrons. The SMILES string of the molecule is NCc1cc(Cc2ccc(N)c(CN)c2)ccc1N. The van der Waals surface area contributed by atoms with Crippen LogP contribution < -0.4 is 22.9 Å². The van der Waals surface area contributed by atoms with E-state index in [1.165, 1.54) is 11.1 Å². The van der Waals surface area contributed by atoms with Crippen LogP contribution in [0, 0.1) is 0 Å². The highest BCUT2D eigenvalue weighted by Gasteiger charge is 2.03. The van der Waals surface area contributed by atoms with Gasteiger partial charge in [-0.15, -0.1) is 0 Å². The van der Waals surface area contributed by atoms with Gasteiger partial charge in [0.1, 0.15) is 0 Å². The summed E-state index contributed by atoms with van der Waals surface area (Å²) in [5.41, 5.74) is 28.8. The number of hydrogen-bond donors (Lipinski definition) is 4. The monoisotopic (exact) mass is 256 g/mol. The van der Waals surface area contributed by atoms with Gasteiger partial charge in [-0.2, -0.15) is 0 Å². The number of hydrogen-bond acceptors (Lipinski definition) is 4. The van der Waals surface area contributed by atoms with Crippen LogP contribution in [0.15, 0.2) is 36.4 Å². The average molecular weight is 256 g/mol. The molecule has 0 atom stereocenters. The third-order valence-electron chi connectivity index (χ3n) is 3.26. The van der Waals surface area contributed by atoms with Crippen molar-refractivity contribution in [3.8, 4) is 0 Å². The van der Waals surface area contributed by atoms with Crippen molar-refractivity contribution in [2.75, 3.05) is 11.5 Å². The van der Waals surface area contributed by atoms with Gasteiger partial charge in [-0.25, -0.2) is 0 Å². The summed E-state index contributed by atoms with van der Waals surface area (Å²) in [6.07, 6.45) is 0.820. The molecule has 2 aromatic rings. The van der Waals surface area contributed by atoms with Crippen molar-refractivity contribution in [2.45, 2.75) is 19.5 Å². The van der Waals surface area contributed by atoms with Crippen LogP contribution >= 0.6 is 0 Å². The van der Waals surface area contributed by atoms with E-state index in [2.05, 4.69) is 0 Å². The molecule has 0 aliphatic heterocycles. The predicted octanol–water partition coefficient (Wildman–Crippen LogP) is 1.36. The standard InChI is InChI=1S/C15H20N4/c16-8-12-6-10(1-3-14(12)18)5-11-2-4-15(19)13(7-11)9-17/h1-4,6-7H,5,8-9,16-19H2. The van der Waals surface area contributed by atoms with Crippen molar-refractivity contribution in [1.82, 2.24) is 0 Å². The van der Waals surface area contributed by atoms with E-state index in [-0.39, 0.29) is 0 Å². The maximum atomic E-state index is 5.85. The maximum Gasteiger partial charge on any atom is 0.0359 e. The lowest BCUT2D eigenvalue weighted by Gasteiger charge is -2.09. The molecule has 0 heterocycles. The van der Waals surface area contributed by atoms with Crippen molar-refractivity contribution in [3.63, 3.8) is 0 Å². The highest BCUT2D eigenvalue weighted by molar-refractivity contribution is 5.51. The van der Waals surface area contributed by atoms with Gasteiger partial charge in [-0.3, -0.25) is 0 Å². The van der Waals surface area contributed by atoms with Crippen molar-refractivity contribution < 1.29 is 0 Å². The van der Waals surface area contributed by atoms with E-state index in [1.54, 1.807) is 0 Å². The first-order chi connectivity index (χ1) is 9.13. The highest BCUT2D eigenvalue weighted by Crippen LogP contribution is 2.19. The molecule has 4 nitrogen and oxygen atoms in total. The fourth-order valence-corrected chi connectivity index (χ4v) is 2.13. The molecular weight excluding hydrogens is 236 g/mol. The Balaban J connectivity index is 2.25. The first-order valence-corrected chi connectivity index (χ1v) is 6.28. The van der Waals surface area contributed by atoms with Crippen LogP contribution in [0.2, 0.25) is 0 Å². The fourth-order valence-electron chi connectivity index (χ4n) is 2.13. The molecule has 0 unspecified atom stereocenters. The number of anilines is 2. The van der Waals surface area contributed by atoms with Gasteiger partial charge in [-0.05, 0) is 40.8 Å². The quantitative estimate of drug-likeness (QED) is 0.620. The Hall–Kier alpha value is -2.04. The van der Waals surface area contributed by atoms with Crippen LogP contribution in [0.3, 0.4) is 0 Å². The number of nitrogen functional groups attached to an aromatic ring is 2. The average Bonchev–Trinajstić information content (AvgIpc) is 2.43. The summed E-state index contributed by atoms with van der Waals surface area (Å²) in [6, 6.07) is 11.9. The van der Waals surface area contributed by atoms with Gasteiger partial charge in [0, 0.05) is 24.5 Å². The second kappa shape index (κ2) is 5.73. The summed E-state index contributed by atoms with van der Waals surface area (Å²) >= 11 is 0. The van der Waals surface area contributed by atoms with E-state index in [1.807, 2.05) is 36.4 Å². The molecule has 0 aliphatic rings. The molecule has 19 heavy (non-hydrogen) atoms. The Morgan fingerprint density at radius 1 is 0.684 bits per heavy atom. The Labute approximate surface area is 113 Å². The second-order valence-corrected chi connectivity index (χ2v) is 4.65. The van der Waals surface area contributed by atoms with Gasteiger partial charge in [0.25, 0.3) is 0 Å². The molecule has 0 fully saturated rings. The second-order valence-electron chi connectivity index (χ2n) is 4.65. The summed E-state index contributed by atoms with van der Waals surface area (Å²) in [5, 5.41) is 0. The van der Waals surface area contributed by atoms with Crippen LogP contribution in [0.5, 0.6) is 0 Å². The smallest absolute Gasteiger partial charge is 0.0359 e. The molecule has 0 aromatic heterocycles. The predicted molar refractivity (Wildman–Crippen MR) is 80.3 cm³/mol. The Morgan fingerprint density at radius 2 is 1.11 bits per heavy atom. The molecule has 8 N–H and O–H groups in total. The molecule has 0 saturated heterocycles. The van der Waals surface area contributed by atoms with E-state index >= 15 is 0 Å². The zero-order valence-electron chi connectivity index (χ0n) is 10.9. The Morgan fingerprint density at radius 3 is 1.47 bits per heavy atom. The zero-order chi connectivity index (χ0) is 13.8. The minimum absolute atomic E-state index is 0.454. The summed E-state index contributed by atoms with van der Waals surface area (Å²) in [4.78, 5) is 0. The van der Waals surface area contributed by atoms with E-state index < -0.39 is 0 Å². The summed E-state index contributed by atoms with van der Waals surface area (Å²) in [6.45, 7) is 0.908. The molecule has 0 radical (unpaired) electrons. The summed E-state index contributed by atoms with van der Waals surface area (Å²) < 4.78 is 0. The molecule has 2 rings (SSSR count). The minimum atomic E-state index is 0.454. The summed E-state index contributed by atoms with van der Waals surface area (Å²) in [7, 11) is 0. The Bertz CT molecular complexity index is 527. The number of nitrogens with two attached hydrogens (primary N) is 4. The maximum absolute atomic E-state index is 5.85. The van der Waals surface area contributed by atoms with Crippen molar-refractivity contribution >= 4 is 11.4 Å². The van der Waals surface area contributed by atoms with Gasteiger partial charge in [-0.1, -0.05) is 24.3 Å².